The molecule has 0 saturated carbocycles. The van der Waals surface area contributed by atoms with E-state index in [0.29, 0.717) is 6.04 Å². The summed E-state index contributed by atoms with van der Waals surface area (Å²) in [5, 5.41) is 6.76. The fourth-order valence-electron chi connectivity index (χ4n) is 2.58. The van der Waals surface area contributed by atoms with Crippen molar-refractivity contribution in [3.8, 4) is 0 Å². The molecule has 0 amide bonds. The molecular weight excluding hydrogens is 387 g/mol. The summed E-state index contributed by atoms with van der Waals surface area (Å²) >= 11 is 0. The van der Waals surface area contributed by atoms with Crippen LogP contribution in [0.5, 0.6) is 0 Å². The van der Waals surface area contributed by atoms with Crippen LogP contribution >= 0.6 is 24.0 Å². The van der Waals surface area contributed by atoms with Crippen LogP contribution in [0.2, 0.25) is 0 Å². The lowest BCUT2D eigenvalue weighted by molar-refractivity contribution is 0.190. The molecule has 132 valence electrons. The zero-order valence-electron chi connectivity index (χ0n) is 15.0. The number of unbranched alkanes of at least 4 members (excludes halogenated alkanes) is 1. The second-order valence-corrected chi connectivity index (χ2v) is 6.45. The van der Waals surface area contributed by atoms with Gasteiger partial charge in [0.15, 0.2) is 5.96 Å². The molecule has 0 radical (unpaired) electrons. The molecule has 5 heteroatoms. The van der Waals surface area contributed by atoms with E-state index in [4.69, 9.17) is 0 Å². The van der Waals surface area contributed by atoms with Gasteiger partial charge in [-0.05, 0) is 71.5 Å². The summed E-state index contributed by atoms with van der Waals surface area (Å²) in [5.41, 5.74) is 0. The molecule has 1 unspecified atom stereocenters. The van der Waals surface area contributed by atoms with Crippen molar-refractivity contribution >= 4 is 29.9 Å². The highest BCUT2D eigenvalue weighted by molar-refractivity contribution is 14.0. The summed E-state index contributed by atoms with van der Waals surface area (Å²) in [6.07, 6.45) is 6.32. The first-order valence-electron chi connectivity index (χ1n) is 8.92. The highest BCUT2D eigenvalue weighted by Gasteiger charge is 2.14. The number of rotatable bonds is 8. The minimum absolute atomic E-state index is 0. The molecule has 0 aromatic heterocycles. The Morgan fingerprint density at radius 1 is 1.23 bits per heavy atom. The molecule has 1 heterocycles. The van der Waals surface area contributed by atoms with E-state index in [1.54, 1.807) is 0 Å². The predicted octanol–water partition coefficient (Wildman–Crippen LogP) is 3.47. The molecule has 0 aromatic carbocycles. The Bertz CT molecular complexity index is 288. The number of likely N-dealkylation sites (tertiary alicyclic amines) is 1. The van der Waals surface area contributed by atoms with Gasteiger partial charge in [0.05, 0.1) is 0 Å². The molecule has 0 bridgehead atoms. The van der Waals surface area contributed by atoms with Gasteiger partial charge < -0.3 is 15.5 Å². The molecule has 1 aliphatic rings. The van der Waals surface area contributed by atoms with Crippen LogP contribution in [-0.4, -0.2) is 49.6 Å². The fourth-order valence-corrected chi connectivity index (χ4v) is 2.58. The molecule has 0 spiro atoms. The third-order valence-electron chi connectivity index (χ3n) is 4.37. The van der Waals surface area contributed by atoms with E-state index in [1.807, 2.05) is 0 Å². The smallest absolute Gasteiger partial charge is 0.191 e. The van der Waals surface area contributed by atoms with Crippen molar-refractivity contribution in [2.45, 2.75) is 65.8 Å². The summed E-state index contributed by atoms with van der Waals surface area (Å²) in [6.45, 7) is 14.6. The Balaban J connectivity index is 0.00000441. The van der Waals surface area contributed by atoms with E-state index < -0.39 is 0 Å². The van der Waals surface area contributed by atoms with Gasteiger partial charge in [-0.15, -0.1) is 24.0 Å². The van der Waals surface area contributed by atoms with Crippen LogP contribution in [0.4, 0.5) is 0 Å². The van der Waals surface area contributed by atoms with Gasteiger partial charge in [0.25, 0.3) is 0 Å². The highest BCUT2D eigenvalue weighted by Crippen LogP contribution is 2.16. The van der Waals surface area contributed by atoms with Crippen molar-refractivity contribution < 1.29 is 0 Å². The van der Waals surface area contributed by atoms with E-state index in [1.165, 1.54) is 45.3 Å². The van der Waals surface area contributed by atoms with Crippen LogP contribution in [0.1, 0.15) is 59.8 Å². The van der Waals surface area contributed by atoms with Gasteiger partial charge in [-0.2, -0.15) is 0 Å². The molecule has 2 N–H and O–H groups in total. The van der Waals surface area contributed by atoms with Gasteiger partial charge in [-0.25, -0.2) is 0 Å². The Labute approximate surface area is 154 Å². The van der Waals surface area contributed by atoms with Crippen LogP contribution in [0, 0.1) is 5.92 Å². The summed E-state index contributed by atoms with van der Waals surface area (Å²) in [5.74, 6) is 1.90. The highest BCUT2D eigenvalue weighted by atomic mass is 127. The maximum atomic E-state index is 4.67. The number of piperidine rings is 1. The van der Waals surface area contributed by atoms with Crippen molar-refractivity contribution in [3.05, 3.63) is 0 Å². The van der Waals surface area contributed by atoms with E-state index in [9.17, 15) is 0 Å². The van der Waals surface area contributed by atoms with Gasteiger partial charge in [-0.3, -0.25) is 4.99 Å². The Morgan fingerprint density at radius 3 is 2.50 bits per heavy atom. The Hall–Kier alpha value is -0.0400. The van der Waals surface area contributed by atoms with Crippen molar-refractivity contribution in [2.24, 2.45) is 10.9 Å². The molecular formula is C17H37IN4. The molecule has 0 aromatic rings. The molecule has 1 atom stereocenters. The van der Waals surface area contributed by atoms with Gasteiger partial charge in [0.1, 0.15) is 0 Å². The van der Waals surface area contributed by atoms with E-state index in [-0.39, 0.29) is 24.0 Å². The SMILES string of the molecule is CCNC(=NCCCCN1CCC(C)CC1)NC(C)CC.I. The largest absolute Gasteiger partial charge is 0.357 e. The van der Waals surface area contributed by atoms with E-state index in [2.05, 4.69) is 48.2 Å². The molecule has 1 saturated heterocycles. The number of nitrogens with zero attached hydrogens (tertiary/aromatic N) is 2. The van der Waals surface area contributed by atoms with Crippen LogP contribution in [0.15, 0.2) is 4.99 Å². The van der Waals surface area contributed by atoms with Crippen molar-refractivity contribution in [1.82, 2.24) is 15.5 Å². The number of aliphatic imine (C=N–C) groups is 1. The third-order valence-corrected chi connectivity index (χ3v) is 4.37. The number of guanidine groups is 1. The average molecular weight is 424 g/mol. The van der Waals surface area contributed by atoms with Crippen LogP contribution < -0.4 is 10.6 Å². The first kappa shape index (κ1) is 22.0. The zero-order chi connectivity index (χ0) is 15.5. The minimum atomic E-state index is 0. The average Bonchev–Trinajstić information content (AvgIpc) is 2.48. The summed E-state index contributed by atoms with van der Waals surface area (Å²) in [4.78, 5) is 7.29. The Morgan fingerprint density at radius 2 is 1.91 bits per heavy atom. The number of halogens is 1. The van der Waals surface area contributed by atoms with Crippen molar-refractivity contribution in [3.63, 3.8) is 0 Å². The second kappa shape index (κ2) is 13.4. The quantitative estimate of drug-likeness (QED) is 0.271. The van der Waals surface area contributed by atoms with Gasteiger partial charge in [0, 0.05) is 19.1 Å². The maximum absolute atomic E-state index is 4.67. The molecule has 22 heavy (non-hydrogen) atoms. The standard InChI is InChI=1S/C17H36N4.HI/c1-5-16(4)20-17(18-6-2)19-11-7-8-12-21-13-9-15(3)10-14-21;/h15-16H,5-14H2,1-4H3,(H2,18,19,20);1H. The lowest BCUT2D eigenvalue weighted by atomic mass is 9.99. The first-order valence-corrected chi connectivity index (χ1v) is 8.92. The Kier molecular flexibility index (Phi) is 13.4. The van der Waals surface area contributed by atoms with Gasteiger partial charge in [0.2, 0.25) is 0 Å². The minimum Gasteiger partial charge on any atom is -0.357 e. The third kappa shape index (κ3) is 9.87. The van der Waals surface area contributed by atoms with Crippen LogP contribution in [0.25, 0.3) is 0 Å². The van der Waals surface area contributed by atoms with E-state index >= 15 is 0 Å². The number of nitrogens with one attached hydrogen (secondary N) is 2. The second-order valence-electron chi connectivity index (χ2n) is 6.45. The monoisotopic (exact) mass is 424 g/mol. The number of hydrogen-bond donors (Lipinski definition) is 2. The lowest BCUT2D eigenvalue weighted by Crippen LogP contribution is -2.42. The summed E-state index contributed by atoms with van der Waals surface area (Å²) in [6, 6.07) is 0.484. The maximum Gasteiger partial charge on any atom is 0.191 e. The normalized spacial score (nSPS) is 18.6. The van der Waals surface area contributed by atoms with Gasteiger partial charge >= 0.3 is 0 Å². The van der Waals surface area contributed by atoms with Crippen LogP contribution in [-0.2, 0) is 0 Å². The summed E-state index contributed by atoms with van der Waals surface area (Å²) in [7, 11) is 0. The predicted molar refractivity (Wildman–Crippen MR) is 108 cm³/mol. The lowest BCUT2D eigenvalue weighted by Gasteiger charge is -2.30. The molecule has 1 rings (SSSR count). The van der Waals surface area contributed by atoms with Gasteiger partial charge in [-0.1, -0.05) is 13.8 Å². The van der Waals surface area contributed by atoms with Crippen molar-refractivity contribution in [2.75, 3.05) is 32.7 Å². The van der Waals surface area contributed by atoms with Crippen molar-refractivity contribution in [1.29, 1.82) is 0 Å². The van der Waals surface area contributed by atoms with Crippen LogP contribution in [0.3, 0.4) is 0 Å². The topological polar surface area (TPSA) is 39.7 Å². The molecule has 4 nitrogen and oxygen atoms in total. The first-order chi connectivity index (χ1) is 10.2. The summed E-state index contributed by atoms with van der Waals surface area (Å²) < 4.78 is 0. The molecule has 0 aliphatic carbocycles. The molecule has 1 fully saturated rings. The fraction of sp³-hybridized carbons (Fsp3) is 0.941. The molecule has 1 aliphatic heterocycles. The zero-order valence-corrected chi connectivity index (χ0v) is 17.4. The van der Waals surface area contributed by atoms with E-state index in [0.717, 1.165) is 31.4 Å². The number of hydrogen-bond acceptors (Lipinski definition) is 2.